The van der Waals surface area contributed by atoms with Crippen molar-refractivity contribution < 1.29 is 8.83 Å². The van der Waals surface area contributed by atoms with E-state index in [1.54, 1.807) is 0 Å². The Labute approximate surface area is 177 Å². The second kappa shape index (κ2) is 6.38. The van der Waals surface area contributed by atoms with Crippen molar-refractivity contribution in [1.82, 2.24) is 0 Å². The minimum atomic E-state index is 0.143. The Bertz CT molecular complexity index is 1300. The van der Waals surface area contributed by atoms with Crippen molar-refractivity contribution in [2.24, 2.45) is 0 Å². The second-order valence-corrected chi connectivity index (χ2v) is 9.95. The van der Waals surface area contributed by atoms with Crippen LogP contribution >= 0.6 is 0 Å². The normalized spacial score (nSPS) is 13.3. The van der Waals surface area contributed by atoms with Crippen molar-refractivity contribution >= 4 is 43.9 Å². The molecule has 0 saturated carbocycles. The first-order valence-corrected chi connectivity index (χ1v) is 11.1. The molecular weight excluding hydrogens is 368 g/mol. The summed E-state index contributed by atoms with van der Waals surface area (Å²) >= 11 is 0. The van der Waals surface area contributed by atoms with Gasteiger partial charge in [-0.2, -0.15) is 0 Å². The topological polar surface area (TPSA) is 26.3 Å². The van der Waals surface area contributed by atoms with Gasteiger partial charge in [-0.05, 0) is 71.2 Å². The first-order valence-electron chi connectivity index (χ1n) is 11.1. The van der Waals surface area contributed by atoms with Crippen LogP contribution in [0.2, 0.25) is 0 Å². The second-order valence-electron chi connectivity index (χ2n) is 9.95. The standard InChI is InChI=1S/C28H30O2/c1-7-27(3,4)17-9-11-23-19(13-17)21-15-26-22(16-25(21)29-23)20-14-18(28(5,6)8-2)10-12-24(20)30-26/h9-16H,7-8H2,1-6H3. The quantitative estimate of drug-likeness (QED) is 0.302. The molecule has 0 N–H and O–H groups in total. The fraction of sp³-hybridized carbons (Fsp3) is 0.357. The van der Waals surface area contributed by atoms with E-state index in [9.17, 15) is 0 Å². The molecule has 5 aromatic rings. The van der Waals surface area contributed by atoms with Crippen LogP contribution < -0.4 is 0 Å². The molecule has 0 spiro atoms. The third kappa shape index (κ3) is 2.77. The van der Waals surface area contributed by atoms with Gasteiger partial charge < -0.3 is 8.83 Å². The molecule has 2 nitrogen and oxygen atoms in total. The molecule has 0 amide bonds. The van der Waals surface area contributed by atoms with E-state index in [1.807, 2.05) is 0 Å². The zero-order valence-electron chi connectivity index (χ0n) is 18.8. The highest BCUT2D eigenvalue weighted by molar-refractivity contribution is 6.14. The summed E-state index contributed by atoms with van der Waals surface area (Å²) in [5.41, 5.74) is 6.69. The first-order chi connectivity index (χ1) is 14.2. The molecule has 0 unspecified atom stereocenters. The molecule has 0 aliphatic heterocycles. The average Bonchev–Trinajstić information content (AvgIpc) is 3.28. The van der Waals surface area contributed by atoms with Crippen LogP contribution in [-0.4, -0.2) is 0 Å². The van der Waals surface area contributed by atoms with Gasteiger partial charge in [0.25, 0.3) is 0 Å². The molecule has 154 valence electrons. The Balaban J connectivity index is 1.77. The van der Waals surface area contributed by atoms with E-state index in [0.29, 0.717) is 0 Å². The predicted octanol–water partition coefficient (Wildman–Crippen LogP) is 8.86. The third-order valence-electron chi connectivity index (χ3n) is 7.39. The highest BCUT2D eigenvalue weighted by Gasteiger charge is 2.22. The highest BCUT2D eigenvalue weighted by atomic mass is 16.3. The zero-order valence-corrected chi connectivity index (χ0v) is 18.8. The first kappa shape index (κ1) is 19.2. The molecule has 0 fully saturated rings. The van der Waals surface area contributed by atoms with Crippen LogP contribution in [0.3, 0.4) is 0 Å². The fourth-order valence-electron chi connectivity index (χ4n) is 4.30. The lowest BCUT2D eigenvalue weighted by atomic mass is 9.81. The Morgan fingerprint density at radius 3 is 1.27 bits per heavy atom. The van der Waals surface area contributed by atoms with Crippen LogP contribution in [0, 0.1) is 0 Å². The van der Waals surface area contributed by atoms with E-state index < -0.39 is 0 Å². The number of fused-ring (bicyclic) bond motifs is 6. The monoisotopic (exact) mass is 398 g/mol. The van der Waals surface area contributed by atoms with Crippen LogP contribution in [0.15, 0.2) is 57.4 Å². The largest absolute Gasteiger partial charge is 0.456 e. The molecule has 30 heavy (non-hydrogen) atoms. The van der Waals surface area contributed by atoms with Gasteiger partial charge in [-0.15, -0.1) is 0 Å². The van der Waals surface area contributed by atoms with E-state index >= 15 is 0 Å². The zero-order chi connectivity index (χ0) is 21.3. The maximum absolute atomic E-state index is 6.26. The molecule has 2 heteroatoms. The van der Waals surface area contributed by atoms with Crippen molar-refractivity contribution in [3.05, 3.63) is 59.7 Å². The summed E-state index contributed by atoms with van der Waals surface area (Å²) in [7, 11) is 0. The van der Waals surface area contributed by atoms with Crippen LogP contribution in [-0.2, 0) is 10.8 Å². The van der Waals surface area contributed by atoms with E-state index in [1.165, 1.54) is 21.9 Å². The molecule has 3 aromatic carbocycles. The number of rotatable bonds is 4. The van der Waals surface area contributed by atoms with Gasteiger partial charge in [0.1, 0.15) is 22.3 Å². The summed E-state index contributed by atoms with van der Waals surface area (Å²) in [5.74, 6) is 0. The van der Waals surface area contributed by atoms with Gasteiger partial charge in [-0.25, -0.2) is 0 Å². The smallest absolute Gasteiger partial charge is 0.136 e. The lowest BCUT2D eigenvalue weighted by Gasteiger charge is -2.23. The Morgan fingerprint density at radius 2 is 0.900 bits per heavy atom. The van der Waals surface area contributed by atoms with Gasteiger partial charge in [0, 0.05) is 21.5 Å². The van der Waals surface area contributed by atoms with Crippen LogP contribution in [0.5, 0.6) is 0 Å². The van der Waals surface area contributed by atoms with E-state index in [-0.39, 0.29) is 10.8 Å². The Kier molecular flexibility index (Phi) is 4.09. The number of hydrogen-bond acceptors (Lipinski definition) is 2. The highest BCUT2D eigenvalue weighted by Crippen LogP contribution is 2.40. The van der Waals surface area contributed by atoms with Gasteiger partial charge in [0.05, 0.1) is 0 Å². The minimum Gasteiger partial charge on any atom is -0.456 e. The third-order valence-corrected chi connectivity index (χ3v) is 7.39. The van der Waals surface area contributed by atoms with Crippen molar-refractivity contribution in [1.29, 1.82) is 0 Å². The van der Waals surface area contributed by atoms with E-state index in [2.05, 4.69) is 90.1 Å². The SMILES string of the molecule is CCC(C)(C)c1ccc2oc3cc4c(cc3c2c1)oc1ccc(C(C)(C)CC)cc14. The molecule has 0 radical (unpaired) electrons. The van der Waals surface area contributed by atoms with Crippen LogP contribution in [0.4, 0.5) is 0 Å². The number of hydrogen-bond donors (Lipinski definition) is 0. The summed E-state index contributed by atoms with van der Waals surface area (Å²) in [6, 6.07) is 17.5. The molecule has 0 saturated heterocycles. The molecule has 0 bridgehead atoms. The summed E-state index contributed by atoms with van der Waals surface area (Å²) in [5, 5.41) is 4.58. The Morgan fingerprint density at radius 1 is 0.533 bits per heavy atom. The molecular formula is C28H30O2. The van der Waals surface area contributed by atoms with Crippen molar-refractivity contribution in [2.45, 2.75) is 65.2 Å². The van der Waals surface area contributed by atoms with Crippen molar-refractivity contribution in [3.63, 3.8) is 0 Å². The van der Waals surface area contributed by atoms with E-state index in [0.717, 1.165) is 45.9 Å². The molecule has 2 aromatic heterocycles. The van der Waals surface area contributed by atoms with E-state index in [4.69, 9.17) is 8.83 Å². The summed E-state index contributed by atoms with van der Waals surface area (Å²) in [4.78, 5) is 0. The molecule has 2 heterocycles. The van der Waals surface area contributed by atoms with Gasteiger partial charge in [-0.3, -0.25) is 0 Å². The molecule has 0 atom stereocenters. The Hall–Kier alpha value is -2.74. The number of furan rings is 2. The fourth-order valence-corrected chi connectivity index (χ4v) is 4.30. The number of benzene rings is 3. The van der Waals surface area contributed by atoms with Crippen molar-refractivity contribution in [3.8, 4) is 0 Å². The average molecular weight is 399 g/mol. The van der Waals surface area contributed by atoms with Gasteiger partial charge in [0.15, 0.2) is 0 Å². The van der Waals surface area contributed by atoms with Crippen LogP contribution in [0.25, 0.3) is 43.9 Å². The van der Waals surface area contributed by atoms with Crippen LogP contribution in [0.1, 0.15) is 65.5 Å². The maximum Gasteiger partial charge on any atom is 0.136 e. The van der Waals surface area contributed by atoms with Gasteiger partial charge >= 0.3 is 0 Å². The molecule has 0 aliphatic rings. The summed E-state index contributed by atoms with van der Waals surface area (Å²) in [6.07, 6.45) is 2.19. The molecule has 0 aliphatic carbocycles. The summed E-state index contributed by atoms with van der Waals surface area (Å²) < 4.78 is 12.5. The lowest BCUT2D eigenvalue weighted by molar-refractivity contribution is 0.506. The predicted molar refractivity (Wildman–Crippen MR) is 128 cm³/mol. The van der Waals surface area contributed by atoms with Gasteiger partial charge in [0.2, 0.25) is 0 Å². The van der Waals surface area contributed by atoms with Crippen molar-refractivity contribution in [2.75, 3.05) is 0 Å². The molecule has 5 rings (SSSR count). The minimum absolute atomic E-state index is 0.143. The van der Waals surface area contributed by atoms with Gasteiger partial charge in [-0.1, -0.05) is 53.7 Å². The maximum atomic E-state index is 6.26. The summed E-state index contributed by atoms with van der Waals surface area (Å²) in [6.45, 7) is 13.7. The lowest BCUT2D eigenvalue weighted by Crippen LogP contribution is -2.14.